The van der Waals surface area contributed by atoms with Crippen molar-refractivity contribution in [3.63, 3.8) is 0 Å². The van der Waals surface area contributed by atoms with Gasteiger partial charge in [0.2, 0.25) is 0 Å². The minimum Gasteiger partial charge on any atom is -0.481 e. The Morgan fingerprint density at radius 3 is 2.75 bits per heavy atom. The van der Waals surface area contributed by atoms with Gasteiger partial charge in [-0.3, -0.25) is 4.79 Å². The fourth-order valence-electron chi connectivity index (χ4n) is 3.25. The first-order valence-electron chi connectivity index (χ1n) is 7.16. The molecule has 0 saturated carbocycles. The van der Waals surface area contributed by atoms with Gasteiger partial charge < -0.3 is 15.3 Å². The van der Waals surface area contributed by atoms with Gasteiger partial charge in [0.05, 0.1) is 5.92 Å². The summed E-state index contributed by atoms with van der Waals surface area (Å²) in [6.45, 7) is 2.31. The number of halogens is 1. The number of benzene rings is 1. The molecule has 1 aromatic rings. The van der Waals surface area contributed by atoms with Gasteiger partial charge in [0, 0.05) is 36.9 Å². The van der Waals surface area contributed by atoms with Crippen LogP contribution in [0.2, 0.25) is 0 Å². The average Bonchev–Trinajstić information content (AvgIpc) is 3.10. The van der Waals surface area contributed by atoms with Crippen molar-refractivity contribution in [2.75, 3.05) is 24.5 Å². The second kappa shape index (κ2) is 5.40. The highest BCUT2D eigenvalue weighted by Gasteiger charge is 2.33. The molecule has 2 heterocycles. The van der Waals surface area contributed by atoms with Gasteiger partial charge in [-0.05, 0) is 31.4 Å². The van der Waals surface area contributed by atoms with Crippen LogP contribution in [0, 0.1) is 11.7 Å². The zero-order chi connectivity index (χ0) is 14.1. The molecule has 2 unspecified atom stereocenters. The van der Waals surface area contributed by atoms with Crippen molar-refractivity contribution in [1.82, 2.24) is 5.32 Å². The maximum absolute atomic E-state index is 14.3. The van der Waals surface area contributed by atoms with E-state index in [9.17, 15) is 9.18 Å². The molecule has 1 aromatic carbocycles. The number of anilines is 1. The molecule has 2 aliphatic heterocycles. The molecule has 108 valence electrons. The van der Waals surface area contributed by atoms with Crippen LogP contribution in [0.4, 0.5) is 10.1 Å². The number of hydrogen-bond donors (Lipinski definition) is 2. The molecule has 2 fully saturated rings. The summed E-state index contributed by atoms with van der Waals surface area (Å²) in [6, 6.07) is 4.94. The molecule has 4 nitrogen and oxygen atoms in total. The van der Waals surface area contributed by atoms with Crippen LogP contribution < -0.4 is 10.2 Å². The zero-order valence-electron chi connectivity index (χ0n) is 11.3. The number of carboxylic acid groups (broad SMARTS) is 1. The van der Waals surface area contributed by atoms with E-state index < -0.39 is 11.9 Å². The number of hydrogen-bond acceptors (Lipinski definition) is 3. The second-order valence-corrected chi connectivity index (χ2v) is 5.60. The molecule has 3 rings (SSSR count). The monoisotopic (exact) mass is 278 g/mol. The molecule has 2 saturated heterocycles. The van der Waals surface area contributed by atoms with Crippen molar-refractivity contribution in [3.8, 4) is 0 Å². The standard InChI is InChI=1S/C15H19FN2O2/c16-11-4-3-5-13(18-6-1-2-7-18)14(11)12-8-10(9-17-12)15(19)20/h3-5,10,12,17H,1-2,6-9H2,(H,19,20). The van der Waals surface area contributed by atoms with Gasteiger partial charge >= 0.3 is 5.97 Å². The van der Waals surface area contributed by atoms with E-state index in [-0.39, 0.29) is 11.9 Å². The predicted molar refractivity (Wildman–Crippen MR) is 74.3 cm³/mol. The number of carboxylic acids is 1. The Morgan fingerprint density at radius 1 is 1.35 bits per heavy atom. The quantitative estimate of drug-likeness (QED) is 0.889. The fraction of sp³-hybridized carbons (Fsp3) is 0.533. The topological polar surface area (TPSA) is 52.6 Å². The van der Waals surface area contributed by atoms with Crippen LogP contribution in [0.1, 0.15) is 30.9 Å². The lowest BCUT2D eigenvalue weighted by Crippen LogP contribution is -2.23. The van der Waals surface area contributed by atoms with Crippen molar-refractivity contribution in [2.24, 2.45) is 5.92 Å². The first-order chi connectivity index (χ1) is 9.66. The third-order valence-corrected chi connectivity index (χ3v) is 4.31. The van der Waals surface area contributed by atoms with E-state index in [4.69, 9.17) is 5.11 Å². The van der Waals surface area contributed by atoms with Crippen LogP contribution in [0.3, 0.4) is 0 Å². The Morgan fingerprint density at radius 2 is 2.10 bits per heavy atom. The minimum absolute atomic E-state index is 0.201. The first kappa shape index (κ1) is 13.4. The van der Waals surface area contributed by atoms with Gasteiger partial charge in [0.15, 0.2) is 0 Å². The molecule has 2 N–H and O–H groups in total. The normalized spacial score (nSPS) is 26.1. The summed E-state index contributed by atoms with van der Waals surface area (Å²) < 4.78 is 14.3. The van der Waals surface area contributed by atoms with Gasteiger partial charge in [0.25, 0.3) is 0 Å². The highest BCUT2D eigenvalue weighted by Crippen LogP contribution is 2.36. The van der Waals surface area contributed by atoms with E-state index in [1.54, 1.807) is 6.07 Å². The minimum atomic E-state index is -0.806. The van der Waals surface area contributed by atoms with E-state index in [2.05, 4.69) is 10.2 Å². The largest absolute Gasteiger partial charge is 0.481 e. The average molecular weight is 278 g/mol. The fourth-order valence-corrected chi connectivity index (χ4v) is 3.25. The van der Waals surface area contributed by atoms with Gasteiger partial charge in [-0.15, -0.1) is 0 Å². The lowest BCUT2D eigenvalue weighted by atomic mass is 9.97. The molecule has 5 heteroatoms. The summed E-state index contributed by atoms with van der Waals surface area (Å²) in [5.41, 5.74) is 1.56. The SMILES string of the molecule is O=C(O)C1CNC(c2c(F)cccc2N2CCCC2)C1. The molecule has 2 aliphatic rings. The van der Waals surface area contributed by atoms with Crippen LogP contribution >= 0.6 is 0 Å². The van der Waals surface area contributed by atoms with Gasteiger partial charge in [-0.2, -0.15) is 0 Å². The van der Waals surface area contributed by atoms with Crippen molar-refractivity contribution in [2.45, 2.75) is 25.3 Å². The Kier molecular flexibility index (Phi) is 3.61. The predicted octanol–water partition coefficient (Wildman–Crippen LogP) is 2.16. The summed E-state index contributed by atoms with van der Waals surface area (Å²) in [6.07, 6.45) is 2.72. The van der Waals surface area contributed by atoms with Crippen LogP contribution in [0.15, 0.2) is 18.2 Å². The molecule has 0 aromatic heterocycles. The van der Waals surface area contributed by atoms with Crippen molar-refractivity contribution < 1.29 is 14.3 Å². The maximum atomic E-state index is 14.3. The summed E-state index contributed by atoms with van der Waals surface area (Å²) in [5, 5.41) is 12.2. The Balaban J connectivity index is 1.90. The molecule has 0 radical (unpaired) electrons. The van der Waals surface area contributed by atoms with Crippen LogP contribution in [-0.4, -0.2) is 30.7 Å². The van der Waals surface area contributed by atoms with Gasteiger partial charge in [0.1, 0.15) is 5.82 Å². The third-order valence-electron chi connectivity index (χ3n) is 4.31. The van der Waals surface area contributed by atoms with Gasteiger partial charge in [-0.1, -0.05) is 6.07 Å². The molecular formula is C15H19FN2O2. The maximum Gasteiger partial charge on any atom is 0.307 e. The summed E-state index contributed by atoms with van der Waals surface area (Å²) in [5.74, 6) is -1.47. The number of aliphatic carboxylic acids is 1. The van der Waals surface area contributed by atoms with E-state index in [0.717, 1.165) is 31.6 Å². The summed E-state index contributed by atoms with van der Waals surface area (Å²) >= 11 is 0. The van der Waals surface area contributed by atoms with Crippen LogP contribution in [-0.2, 0) is 4.79 Å². The van der Waals surface area contributed by atoms with Gasteiger partial charge in [-0.25, -0.2) is 4.39 Å². The van der Waals surface area contributed by atoms with Crippen LogP contribution in [0.25, 0.3) is 0 Å². The Hall–Kier alpha value is -1.62. The molecule has 0 bridgehead atoms. The van der Waals surface area contributed by atoms with E-state index in [1.165, 1.54) is 6.07 Å². The highest BCUT2D eigenvalue weighted by molar-refractivity contribution is 5.71. The number of carbonyl (C=O) groups is 1. The first-order valence-corrected chi connectivity index (χ1v) is 7.16. The molecule has 20 heavy (non-hydrogen) atoms. The second-order valence-electron chi connectivity index (χ2n) is 5.60. The molecule has 2 atom stereocenters. The summed E-state index contributed by atoms with van der Waals surface area (Å²) in [7, 11) is 0. The van der Waals surface area contributed by atoms with Crippen molar-refractivity contribution in [3.05, 3.63) is 29.6 Å². The number of rotatable bonds is 3. The Bertz CT molecular complexity index is 515. The third kappa shape index (κ3) is 2.38. The van der Waals surface area contributed by atoms with E-state index in [1.807, 2.05) is 6.07 Å². The van der Waals surface area contributed by atoms with Crippen LogP contribution in [0.5, 0.6) is 0 Å². The smallest absolute Gasteiger partial charge is 0.307 e. The van der Waals surface area contributed by atoms with Crippen molar-refractivity contribution >= 4 is 11.7 Å². The molecule has 0 aliphatic carbocycles. The lowest BCUT2D eigenvalue weighted by Gasteiger charge is -2.24. The summed E-state index contributed by atoms with van der Waals surface area (Å²) in [4.78, 5) is 13.3. The Labute approximate surface area is 117 Å². The molecular weight excluding hydrogens is 259 g/mol. The van der Waals surface area contributed by atoms with Crippen molar-refractivity contribution in [1.29, 1.82) is 0 Å². The number of nitrogens with one attached hydrogen (secondary N) is 1. The molecule has 0 spiro atoms. The lowest BCUT2D eigenvalue weighted by molar-refractivity contribution is -0.141. The number of nitrogens with zero attached hydrogens (tertiary/aromatic N) is 1. The van der Waals surface area contributed by atoms with E-state index >= 15 is 0 Å². The highest BCUT2D eigenvalue weighted by atomic mass is 19.1. The van der Waals surface area contributed by atoms with E-state index in [0.29, 0.717) is 18.5 Å². The molecule has 0 amide bonds. The zero-order valence-corrected chi connectivity index (χ0v) is 11.3.